The van der Waals surface area contributed by atoms with Gasteiger partial charge in [-0.15, -0.1) is 0 Å². The number of hydrogen-bond acceptors (Lipinski definition) is 2. The largest absolute Gasteiger partial charge is 0.462 e. The second kappa shape index (κ2) is 6.26. The molecule has 0 N–H and O–H groups in total. The summed E-state index contributed by atoms with van der Waals surface area (Å²) >= 11 is 6.06. The monoisotopic (exact) mass is 368 g/mol. The predicted molar refractivity (Wildman–Crippen MR) is 67.8 cm³/mol. The summed E-state index contributed by atoms with van der Waals surface area (Å²) in [5, 5.41) is 0. The van der Waals surface area contributed by atoms with Crippen LogP contribution < -0.4 is 0 Å². The zero-order valence-corrected chi connectivity index (χ0v) is 11.9. The molecular weight excluding hydrogens is 362 g/mol. The average molecular weight is 370 g/mol. The van der Waals surface area contributed by atoms with Gasteiger partial charge in [-0.25, -0.2) is 13.6 Å². The van der Waals surface area contributed by atoms with Gasteiger partial charge in [0, 0.05) is 16.1 Å². The van der Waals surface area contributed by atoms with Crippen LogP contribution in [0, 0.1) is 11.6 Å². The fourth-order valence-corrected chi connectivity index (χ4v) is 1.88. The van der Waals surface area contributed by atoms with E-state index in [4.69, 9.17) is 4.74 Å². The van der Waals surface area contributed by atoms with Crippen molar-refractivity contribution >= 4 is 42.3 Å². The van der Waals surface area contributed by atoms with E-state index in [9.17, 15) is 13.6 Å². The lowest BCUT2D eigenvalue weighted by molar-refractivity contribution is -0.137. The van der Waals surface area contributed by atoms with Gasteiger partial charge in [0.1, 0.15) is 16.1 Å². The van der Waals surface area contributed by atoms with Crippen LogP contribution in [-0.4, -0.2) is 12.6 Å². The summed E-state index contributed by atoms with van der Waals surface area (Å²) in [4.78, 5) is 11.4. The third-order valence-corrected chi connectivity index (χ3v) is 3.89. The molecule has 0 saturated heterocycles. The highest BCUT2D eigenvalue weighted by Gasteiger charge is 2.16. The van der Waals surface area contributed by atoms with Crippen LogP contribution in [0.1, 0.15) is 12.5 Å². The molecule has 0 bridgehead atoms. The van der Waals surface area contributed by atoms with Gasteiger partial charge in [-0.2, -0.15) is 0 Å². The van der Waals surface area contributed by atoms with Gasteiger partial charge in [-0.05, 0) is 50.9 Å². The number of halogens is 4. The number of ether oxygens (including phenoxy) is 1. The second-order valence-corrected chi connectivity index (χ2v) is 4.56. The number of carbonyl (C=O) groups is 1. The fraction of sp³-hybridized carbons (Fsp3) is 0.182. The van der Waals surface area contributed by atoms with E-state index in [0.717, 1.165) is 12.1 Å². The number of benzene rings is 1. The quantitative estimate of drug-likeness (QED) is 0.595. The highest BCUT2D eigenvalue weighted by Crippen LogP contribution is 2.31. The molecule has 1 rings (SSSR count). The summed E-state index contributed by atoms with van der Waals surface area (Å²) in [6.07, 6.45) is 0. The van der Waals surface area contributed by atoms with Crippen LogP contribution >= 0.6 is 31.9 Å². The molecule has 0 aromatic heterocycles. The average Bonchev–Trinajstić information content (AvgIpc) is 2.27. The molecule has 0 atom stereocenters. The summed E-state index contributed by atoms with van der Waals surface area (Å²) in [5.41, 5.74) is 0.0753. The molecule has 0 amide bonds. The Hall–Kier alpha value is -0.750. The molecule has 0 radical (unpaired) electrons. The molecule has 17 heavy (non-hydrogen) atoms. The Bertz CT molecular complexity index is 473. The maximum Gasteiger partial charge on any atom is 0.346 e. The third kappa shape index (κ3) is 3.61. The fourth-order valence-electron chi connectivity index (χ4n) is 1.07. The van der Waals surface area contributed by atoms with Crippen molar-refractivity contribution < 1.29 is 18.3 Å². The van der Waals surface area contributed by atoms with Crippen LogP contribution in [-0.2, 0) is 9.53 Å². The van der Waals surface area contributed by atoms with Crippen molar-refractivity contribution in [3.63, 3.8) is 0 Å². The zero-order valence-electron chi connectivity index (χ0n) is 8.77. The van der Waals surface area contributed by atoms with E-state index < -0.39 is 17.6 Å². The first-order chi connectivity index (χ1) is 7.97. The number of hydrogen-bond donors (Lipinski definition) is 0. The van der Waals surface area contributed by atoms with E-state index in [1.165, 1.54) is 6.07 Å². The normalized spacial score (nSPS) is 12.1. The van der Waals surface area contributed by atoms with Crippen LogP contribution in [0.2, 0.25) is 0 Å². The Kier molecular flexibility index (Phi) is 5.27. The Morgan fingerprint density at radius 2 is 2.00 bits per heavy atom. The predicted octanol–water partition coefficient (Wildman–Crippen LogP) is 3.99. The summed E-state index contributed by atoms with van der Waals surface area (Å²) in [5.74, 6) is -2.07. The van der Waals surface area contributed by atoms with Crippen LogP contribution in [0.5, 0.6) is 0 Å². The number of esters is 1. The molecule has 92 valence electrons. The minimum atomic E-state index is -0.766. The van der Waals surface area contributed by atoms with Crippen molar-refractivity contribution in [1.82, 2.24) is 0 Å². The summed E-state index contributed by atoms with van der Waals surface area (Å²) < 4.78 is 31.1. The van der Waals surface area contributed by atoms with Gasteiger partial charge in [-0.3, -0.25) is 0 Å². The third-order valence-electron chi connectivity index (χ3n) is 1.81. The van der Waals surface area contributed by atoms with Crippen molar-refractivity contribution in [2.75, 3.05) is 6.61 Å². The smallest absolute Gasteiger partial charge is 0.346 e. The Labute approximate surface area is 114 Å². The molecule has 0 aliphatic carbocycles. The molecule has 0 aliphatic heterocycles. The lowest BCUT2D eigenvalue weighted by Gasteiger charge is -2.06. The highest BCUT2D eigenvalue weighted by atomic mass is 79.9. The first kappa shape index (κ1) is 14.3. The number of rotatable bonds is 3. The molecule has 0 saturated carbocycles. The lowest BCUT2D eigenvalue weighted by Crippen LogP contribution is -2.04. The molecule has 0 heterocycles. The number of carbonyl (C=O) groups excluding carboxylic acids is 1. The molecule has 2 nitrogen and oxygen atoms in total. The van der Waals surface area contributed by atoms with Gasteiger partial charge in [0.25, 0.3) is 0 Å². The van der Waals surface area contributed by atoms with Crippen molar-refractivity contribution in [3.05, 3.63) is 39.9 Å². The van der Waals surface area contributed by atoms with E-state index in [2.05, 4.69) is 31.9 Å². The Morgan fingerprint density at radius 3 is 2.53 bits per heavy atom. The molecule has 6 heteroatoms. The van der Waals surface area contributed by atoms with E-state index in [1.54, 1.807) is 6.92 Å². The van der Waals surface area contributed by atoms with E-state index >= 15 is 0 Å². The SMILES string of the molecule is CCOC(=O)/C(Br)=C(\Br)c1ccc(F)cc1F. The minimum absolute atomic E-state index is 0.0462. The first-order valence-electron chi connectivity index (χ1n) is 4.65. The van der Waals surface area contributed by atoms with Gasteiger partial charge in [0.2, 0.25) is 0 Å². The van der Waals surface area contributed by atoms with Gasteiger partial charge in [-0.1, -0.05) is 0 Å². The molecule has 0 fully saturated rings. The second-order valence-electron chi connectivity index (χ2n) is 2.97. The van der Waals surface area contributed by atoms with E-state index in [1.807, 2.05) is 0 Å². The zero-order chi connectivity index (χ0) is 13.0. The van der Waals surface area contributed by atoms with Crippen LogP contribution in [0.25, 0.3) is 4.48 Å². The van der Waals surface area contributed by atoms with Gasteiger partial charge < -0.3 is 4.74 Å². The van der Waals surface area contributed by atoms with Crippen molar-refractivity contribution in [2.45, 2.75) is 6.92 Å². The van der Waals surface area contributed by atoms with Crippen LogP contribution in [0.15, 0.2) is 22.7 Å². The minimum Gasteiger partial charge on any atom is -0.462 e. The summed E-state index contributed by atoms with van der Waals surface area (Å²) in [6.45, 7) is 1.87. The van der Waals surface area contributed by atoms with Gasteiger partial charge in [0.05, 0.1) is 6.61 Å². The van der Waals surface area contributed by atoms with Gasteiger partial charge >= 0.3 is 5.97 Å². The highest BCUT2D eigenvalue weighted by molar-refractivity contribution is 9.16. The van der Waals surface area contributed by atoms with E-state index in [0.29, 0.717) is 0 Å². The summed E-state index contributed by atoms with van der Waals surface area (Å²) in [7, 11) is 0. The lowest BCUT2D eigenvalue weighted by atomic mass is 10.2. The summed E-state index contributed by atoms with van der Waals surface area (Å²) in [6, 6.07) is 3.07. The molecule has 1 aromatic rings. The molecule has 0 unspecified atom stereocenters. The van der Waals surface area contributed by atoms with Crippen molar-refractivity contribution in [2.24, 2.45) is 0 Å². The topological polar surface area (TPSA) is 26.3 Å². The Balaban J connectivity index is 3.14. The van der Waals surface area contributed by atoms with E-state index in [-0.39, 0.29) is 21.1 Å². The Morgan fingerprint density at radius 1 is 1.35 bits per heavy atom. The molecule has 1 aromatic carbocycles. The molecule has 0 aliphatic rings. The molecule has 0 spiro atoms. The van der Waals surface area contributed by atoms with Crippen molar-refractivity contribution in [3.8, 4) is 0 Å². The van der Waals surface area contributed by atoms with Crippen LogP contribution in [0.3, 0.4) is 0 Å². The molecular formula is C11H8Br2F2O2. The van der Waals surface area contributed by atoms with Crippen molar-refractivity contribution in [1.29, 1.82) is 0 Å². The first-order valence-corrected chi connectivity index (χ1v) is 6.23. The maximum atomic E-state index is 13.4. The maximum absolute atomic E-state index is 13.4. The van der Waals surface area contributed by atoms with Gasteiger partial charge in [0.15, 0.2) is 0 Å². The standard InChI is InChI=1S/C11H8Br2F2O2/c1-2-17-11(16)10(13)9(12)7-4-3-6(14)5-8(7)15/h3-5H,2H2,1H3/b10-9+. The van der Waals surface area contributed by atoms with Crippen LogP contribution in [0.4, 0.5) is 8.78 Å².